The summed E-state index contributed by atoms with van der Waals surface area (Å²) in [6.07, 6.45) is 2.58. The summed E-state index contributed by atoms with van der Waals surface area (Å²) < 4.78 is 6.06. The molecule has 2 heterocycles. The maximum Gasteiger partial charge on any atom is 0.352 e. The molecule has 0 atom stereocenters. The summed E-state index contributed by atoms with van der Waals surface area (Å²) >= 11 is 3.58. The molecule has 0 aliphatic rings. The van der Waals surface area contributed by atoms with Gasteiger partial charge in [0.05, 0.1) is 12.8 Å². The SMILES string of the molecule is CCc1c(-c2cccc3[nH]ccc23)[nH]c(C(=O)O)c1-c1ccc(OC)cc1Br. The van der Waals surface area contributed by atoms with Crippen LogP contribution >= 0.6 is 15.9 Å². The fourth-order valence-electron chi connectivity index (χ4n) is 3.71. The van der Waals surface area contributed by atoms with Gasteiger partial charge in [-0.1, -0.05) is 35.0 Å². The van der Waals surface area contributed by atoms with Crippen molar-refractivity contribution in [2.24, 2.45) is 0 Å². The number of ether oxygens (including phenoxy) is 1. The van der Waals surface area contributed by atoms with Crippen LogP contribution in [-0.2, 0) is 6.42 Å². The van der Waals surface area contributed by atoms with Crippen molar-refractivity contribution in [1.29, 1.82) is 0 Å². The molecule has 0 saturated heterocycles. The van der Waals surface area contributed by atoms with Gasteiger partial charge in [0.25, 0.3) is 0 Å². The van der Waals surface area contributed by atoms with Crippen LogP contribution < -0.4 is 4.74 Å². The third-order valence-electron chi connectivity index (χ3n) is 4.98. The van der Waals surface area contributed by atoms with Crippen LogP contribution in [0.1, 0.15) is 23.0 Å². The van der Waals surface area contributed by atoms with E-state index in [0.717, 1.165) is 37.8 Å². The summed E-state index contributed by atoms with van der Waals surface area (Å²) in [6, 6.07) is 13.6. The van der Waals surface area contributed by atoms with E-state index < -0.39 is 5.97 Å². The van der Waals surface area contributed by atoms with Gasteiger partial charge in [0.1, 0.15) is 11.4 Å². The first-order valence-electron chi connectivity index (χ1n) is 8.93. The number of aromatic carboxylic acids is 1. The maximum absolute atomic E-state index is 12.1. The largest absolute Gasteiger partial charge is 0.497 e. The second-order valence-electron chi connectivity index (χ2n) is 6.48. The predicted molar refractivity (Wildman–Crippen MR) is 114 cm³/mol. The van der Waals surface area contributed by atoms with E-state index in [1.165, 1.54) is 0 Å². The number of fused-ring (bicyclic) bond motifs is 1. The van der Waals surface area contributed by atoms with Gasteiger partial charge in [-0.2, -0.15) is 0 Å². The molecular formula is C22H19BrN2O3. The summed E-state index contributed by atoms with van der Waals surface area (Å²) in [4.78, 5) is 18.5. The Morgan fingerprint density at radius 3 is 2.68 bits per heavy atom. The highest BCUT2D eigenvalue weighted by molar-refractivity contribution is 9.10. The molecule has 4 aromatic rings. The summed E-state index contributed by atoms with van der Waals surface area (Å²) in [5.41, 5.74) is 5.50. The van der Waals surface area contributed by atoms with Crippen molar-refractivity contribution in [3.8, 4) is 28.1 Å². The quantitative estimate of drug-likeness (QED) is 0.364. The number of benzene rings is 2. The van der Waals surface area contributed by atoms with Crippen LogP contribution in [0.15, 0.2) is 53.1 Å². The molecule has 2 aromatic heterocycles. The van der Waals surface area contributed by atoms with Crippen LogP contribution in [0.4, 0.5) is 0 Å². The van der Waals surface area contributed by atoms with Gasteiger partial charge in [-0.25, -0.2) is 4.79 Å². The summed E-state index contributed by atoms with van der Waals surface area (Å²) in [5.74, 6) is -0.279. The molecule has 3 N–H and O–H groups in total. The number of rotatable bonds is 5. The second kappa shape index (κ2) is 7.20. The van der Waals surface area contributed by atoms with Gasteiger partial charge >= 0.3 is 5.97 Å². The van der Waals surface area contributed by atoms with Crippen LogP contribution in [0.25, 0.3) is 33.3 Å². The van der Waals surface area contributed by atoms with Crippen LogP contribution in [0, 0.1) is 0 Å². The number of hydrogen-bond donors (Lipinski definition) is 3. The topological polar surface area (TPSA) is 78.1 Å². The molecule has 0 bridgehead atoms. The van der Waals surface area contributed by atoms with E-state index in [1.54, 1.807) is 7.11 Å². The molecule has 0 aliphatic carbocycles. The Kier molecular flexibility index (Phi) is 4.73. The molecule has 2 aromatic carbocycles. The normalized spacial score (nSPS) is 11.1. The van der Waals surface area contributed by atoms with Crippen molar-refractivity contribution in [3.05, 3.63) is 64.4 Å². The van der Waals surface area contributed by atoms with Crippen LogP contribution in [0.2, 0.25) is 0 Å². The molecule has 28 heavy (non-hydrogen) atoms. The molecule has 0 spiro atoms. The zero-order chi connectivity index (χ0) is 19.8. The van der Waals surface area contributed by atoms with Crippen LogP contribution in [-0.4, -0.2) is 28.2 Å². The zero-order valence-corrected chi connectivity index (χ0v) is 17.1. The van der Waals surface area contributed by atoms with Crippen LogP contribution in [0.3, 0.4) is 0 Å². The lowest BCUT2D eigenvalue weighted by Gasteiger charge is -2.10. The fraction of sp³-hybridized carbons (Fsp3) is 0.136. The number of nitrogens with one attached hydrogen (secondary N) is 2. The first-order valence-corrected chi connectivity index (χ1v) is 9.73. The summed E-state index contributed by atoms with van der Waals surface area (Å²) in [6.45, 7) is 2.04. The van der Waals surface area contributed by atoms with Gasteiger partial charge in [0.2, 0.25) is 0 Å². The van der Waals surface area contributed by atoms with Gasteiger partial charge in [0.15, 0.2) is 0 Å². The van der Waals surface area contributed by atoms with Crippen molar-refractivity contribution < 1.29 is 14.6 Å². The molecular weight excluding hydrogens is 420 g/mol. The number of hydrogen-bond acceptors (Lipinski definition) is 2. The fourth-order valence-corrected chi connectivity index (χ4v) is 4.26. The Labute approximate surface area is 170 Å². The molecule has 5 nitrogen and oxygen atoms in total. The highest BCUT2D eigenvalue weighted by atomic mass is 79.9. The third-order valence-corrected chi connectivity index (χ3v) is 5.64. The van der Waals surface area contributed by atoms with Crippen LogP contribution in [0.5, 0.6) is 5.75 Å². The van der Waals surface area contributed by atoms with E-state index in [-0.39, 0.29) is 5.69 Å². The van der Waals surface area contributed by atoms with Crippen molar-refractivity contribution in [2.45, 2.75) is 13.3 Å². The first kappa shape index (κ1) is 18.4. The monoisotopic (exact) mass is 438 g/mol. The van der Waals surface area contributed by atoms with Crippen molar-refractivity contribution in [1.82, 2.24) is 9.97 Å². The minimum Gasteiger partial charge on any atom is -0.497 e. The average molecular weight is 439 g/mol. The molecule has 6 heteroatoms. The van der Waals surface area contributed by atoms with Gasteiger partial charge < -0.3 is 19.8 Å². The lowest BCUT2D eigenvalue weighted by molar-refractivity contribution is 0.0692. The number of halogens is 1. The van der Waals surface area contributed by atoms with Crippen molar-refractivity contribution >= 4 is 32.8 Å². The van der Waals surface area contributed by atoms with Crippen molar-refractivity contribution in [3.63, 3.8) is 0 Å². The number of H-pyrrole nitrogens is 2. The number of methoxy groups -OCH3 is 1. The molecule has 0 amide bonds. The average Bonchev–Trinajstić information content (AvgIpc) is 3.32. The highest BCUT2D eigenvalue weighted by Crippen LogP contribution is 2.41. The summed E-state index contributed by atoms with van der Waals surface area (Å²) in [5, 5.41) is 10.9. The van der Waals surface area contributed by atoms with Crippen molar-refractivity contribution in [2.75, 3.05) is 7.11 Å². The minimum absolute atomic E-state index is 0.185. The second-order valence-corrected chi connectivity index (χ2v) is 7.33. The maximum atomic E-state index is 12.1. The Morgan fingerprint density at radius 1 is 1.18 bits per heavy atom. The van der Waals surface area contributed by atoms with Gasteiger partial charge in [-0.3, -0.25) is 0 Å². The zero-order valence-electron chi connectivity index (χ0n) is 15.5. The Bertz CT molecular complexity index is 1190. The lowest BCUT2D eigenvalue weighted by Crippen LogP contribution is -2.00. The Hall–Kier alpha value is -2.99. The molecule has 0 aliphatic heterocycles. The van der Waals surface area contributed by atoms with E-state index in [4.69, 9.17) is 4.74 Å². The summed E-state index contributed by atoms with van der Waals surface area (Å²) in [7, 11) is 1.60. The standard InChI is InChI=1S/C22H19BrN2O3/c1-3-13-19(16-8-7-12(28-2)11-17(16)23)21(22(26)27)25-20(13)15-5-4-6-18-14(15)9-10-24-18/h4-11,24-25H,3H2,1-2H3,(H,26,27). The lowest BCUT2D eigenvalue weighted by atomic mass is 9.95. The third kappa shape index (κ3) is 2.90. The van der Waals surface area contributed by atoms with E-state index in [1.807, 2.05) is 55.6 Å². The number of aromatic amines is 2. The van der Waals surface area contributed by atoms with E-state index in [9.17, 15) is 9.90 Å². The Balaban J connectivity index is 2.02. The minimum atomic E-state index is -0.986. The smallest absolute Gasteiger partial charge is 0.352 e. The highest BCUT2D eigenvalue weighted by Gasteiger charge is 2.25. The van der Waals surface area contributed by atoms with E-state index in [0.29, 0.717) is 17.7 Å². The number of carboxylic acids is 1. The molecule has 4 rings (SSSR count). The molecule has 0 saturated carbocycles. The molecule has 0 unspecified atom stereocenters. The van der Waals surface area contributed by atoms with Gasteiger partial charge in [-0.15, -0.1) is 0 Å². The first-order chi connectivity index (χ1) is 13.5. The molecule has 0 radical (unpaired) electrons. The molecule has 142 valence electrons. The molecule has 0 fully saturated rings. The number of carboxylic acid groups (broad SMARTS) is 1. The Morgan fingerprint density at radius 2 is 2.00 bits per heavy atom. The van der Waals surface area contributed by atoms with Gasteiger partial charge in [0, 0.05) is 32.7 Å². The van der Waals surface area contributed by atoms with E-state index >= 15 is 0 Å². The van der Waals surface area contributed by atoms with E-state index in [2.05, 4.69) is 25.9 Å². The number of carbonyl (C=O) groups is 1. The predicted octanol–water partition coefficient (Wildman–Crippen LogP) is 5.86. The number of aromatic nitrogens is 2. The van der Waals surface area contributed by atoms with Gasteiger partial charge in [-0.05, 0) is 47.9 Å².